The number of urea groups is 1. The third-order valence-electron chi connectivity index (χ3n) is 13.6. The Balaban J connectivity index is 0.965. The van der Waals surface area contributed by atoms with Gasteiger partial charge in [0.05, 0.1) is 31.8 Å². The van der Waals surface area contributed by atoms with Gasteiger partial charge in [0.2, 0.25) is 5.91 Å². The molecule has 63 heavy (non-hydrogen) atoms. The standard InChI is InChI=1S/C40H54F9N2O11P/c1-23-21-51(33-20-30(31(22-52)61-33)62-63(55,56)57-3)35(54)50(34(23)53)15-4-5-16-58-25-8-10-26-24(19-25)7-9-28-27(26)13-14-36(2)29(28)11-12-32(36)59-17-6-18-60-37(38(41,42)43,39(44,45)46)40(47,48)49/h8,10,19,23,27-33,52H,4-7,9,11-18,20-22H2,1-3H3,(H,55,56)/t23?,27?,28?,29?,30-,31-,32?,33-,36?/m1/s1. The molecule has 10 atom stereocenters. The molecule has 0 spiro atoms. The van der Waals surface area contributed by atoms with E-state index in [1.54, 1.807) is 6.92 Å². The van der Waals surface area contributed by atoms with Crippen LogP contribution >= 0.6 is 7.82 Å². The molecule has 0 bridgehead atoms. The van der Waals surface area contributed by atoms with E-state index in [4.69, 9.17) is 18.7 Å². The Hall–Kier alpha value is -2.72. The maximum atomic E-state index is 13.5. The lowest BCUT2D eigenvalue weighted by molar-refractivity contribution is -0.457. The number of rotatable bonds is 17. The van der Waals surface area contributed by atoms with E-state index in [1.807, 2.05) is 12.1 Å². The summed E-state index contributed by atoms with van der Waals surface area (Å²) in [5, 5.41) is 9.76. The lowest BCUT2D eigenvalue weighted by Gasteiger charge is -2.50. The van der Waals surface area contributed by atoms with E-state index in [2.05, 4.69) is 22.3 Å². The zero-order valence-corrected chi connectivity index (χ0v) is 35.9. The number of alkyl halides is 9. The first-order valence-corrected chi connectivity index (χ1v) is 22.5. The number of carbonyl (C=O) groups is 2. The van der Waals surface area contributed by atoms with Gasteiger partial charge in [0, 0.05) is 33.2 Å². The molecule has 0 aromatic heterocycles. The number of hydrogen-bond acceptors (Lipinski definition) is 10. The Morgan fingerprint density at radius 3 is 2.29 bits per heavy atom. The summed E-state index contributed by atoms with van der Waals surface area (Å²) in [6, 6.07) is 5.40. The minimum absolute atomic E-state index is 0.0217. The average molecular weight is 941 g/mol. The van der Waals surface area contributed by atoms with Crippen molar-refractivity contribution in [2.45, 2.75) is 133 Å². The molecule has 7 unspecified atom stereocenters. The number of fused-ring (bicyclic) bond motifs is 5. The summed E-state index contributed by atoms with van der Waals surface area (Å²) in [6.07, 6.45) is -18.7. The van der Waals surface area contributed by atoms with Gasteiger partial charge in [0.15, 0.2) is 0 Å². The molecular formula is C40H54F9N2O11P. The fraction of sp³-hybridized carbons (Fsp3) is 0.800. The van der Waals surface area contributed by atoms with E-state index in [9.17, 15) is 63.7 Å². The molecule has 4 fully saturated rings. The maximum absolute atomic E-state index is 13.5. The first-order chi connectivity index (χ1) is 29.4. The Morgan fingerprint density at radius 1 is 0.937 bits per heavy atom. The number of ether oxygens (including phenoxy) is 4. The molecule has 2 heterocycles. The maximum Gasteiger partial charge on any atom is 0.472 e. The van der Waals surface area contributed by atoms with Crippen LogP contribution in [0.1, 0.15) is 88.7 Å². The van der Waals surface area contributed by atoms with Gasteiger partial charge in [-0.05, 0) is 104 Å². The van der Waals surface area contributed by atoms with Crippen LogP contribution in [0.15, 0.2) is 18.2 Å². The second-order valence-corrected chi connectivity index (χ2v) is 18.9. The van der Waals surface area contributed by atoms with Crippen molar-refractivity contribution in [3.8, 4) is 5.75 Å². The molecule has 2 saturated heterocycles. The summed E-state index contributed by atoms with van der Waals surface area (Å²) in [6.45, 7) is 1.87. The molecule has 6 rings (SSSR count). The second kappa shape index (κ2) is 18.9. The van der Waals surface area contributed by atoms with Crippen molar-refractivity contribution < 1.29 is 91.7 Å². The van der Waals surface area contributed by atoms with Crippen LogP contribution in [0.4, 0.5) is 44.3 Å². The predicted molar refractivity (Wildman–Crippen MR) is 202 cm³/mol. The molecule has 2 N–H and O–H groups in total. The van der Waals surface area contributed by atoms with Crippen LogP contribution in [0.25, 0.3) is 0 Å². The lowest BCUT2D eigenvalue weighted by Crippen LogP contribution is -2.67. The molecule has 3 amide bonds. The Labute approximate surface area is 358 Å². The molecule has 2 aliphatic heterocycles. The third-order valence-corrected chi connectivity index (χ3v) is 14.6. The van der Waals surface area contributed by atoms with Gasteiger partial charge in [-0.15, -0.1) is 0 Å². The summed E-state index contributed by atoms with van der Waals surface area (Å²) >= 11 is 0. The zero-order chi connectivity index (χ0) is 46.3. The SMILES string of the molecule is COP(=O)(O)O[C@@H]1C[C@H](N2CC(C)C(=O)N(CCCCOc3ccc4c(c3)CCC3C4CCC4(C)C(OCCCOC(C(F)(F)F)(C(F)(F)F)C(F)(F)F)CCC34)C2=O)O[C@@H]1CO. The lowest BCUT2D eigenvalue weighted by atomic mass is 9.55. The molecule has 1 aromatic carbocycles. The number of unbranched alkanes of at least 4 members (excludes halogenated alkanes) is 1. The summed E-state index contributed by atoms with van der Waals surface area (Å²) < 4.78 is 162. The smallest absolute Gasteiger partial charge is 0.472 e. The molecule has 23 heteroatoms. The number of phosphoric acid groups is 1. The molecule has 5 aliphatic rings. The number of hydrogen-bond donors (Lipinski definition) is 2. The van der Waals surface area contributed by atoms with Crippen LogP contribution in [0.3, 0.4) is 0 Å². The molecule has 3 aliphatic carbocycles. The van der Waals surface area contributed by atoms with E-state index >= 15 is 0 Å². The molecule has 358 valence electrons. The molecular weight excluding hydrogens is 886 g/mol. The number of benzene rings is 1. The summed E-state index contributed by atoms with van der Waals surface area (Å²) in [7, 11) is -3.41. The monoisotopic (exact) mass is 940 g/mol. The van der Waals surface area contributed by atoms with Gasteiger partial charge in [-0.1, -0.05) is 19.9 Å². The van der Waals surface area contributed by atoms with Crippen molar-refractivity contribution in [2.24, 2.45) is 23.2 Å². The van der Waals surface area contributed by atoms with Crippen LogP contribution in [0.5, 0.6) is 5.75 Å². The minimum atomic E-state index is -6.78. The summed E-state index contributed by atoms with van der Waals surface area (Å²) in [5.74, 6) is 0.541. The number of halogens is 9. The van der Waals surface area contributed by atoms with E-state index in [0.717, 1.165) is 49.7 Å². The van der Waals surface area contributed by atoms with Gasteiger partial charge >= 0.3 is 38.0 Å². The minimum Gasteiger partial charge on any atom is -0.494 e. The highest BCUT2D eigenvalue weighted by atomic mass is 31.2. The van der Waals surface area contributed by atoms with E-state index in [-0.39, 0.29) is 55.4 Å². The van der Waals surface area contributed by atoms with Gasteiger partial charge in [-0.2, -0.15) is 39.5 Å². The van der Waals surface area contributed by atoms with Gasteiger partial charge in [0.25, 0.3) is 0 Å². The van der Waals surface area contributed by atoms with Gasteiger partial charge < -0.3 is 28.9 Å². The van der Waals surface area contributed by atoms with Crippen LogP contribution in [0.2, 0.25) is 0 Å². The number of carbonyl (C=O) groups excluding carboxylic acids is 2. The average Bonchev–Trinajstić information content (AvgIpc) is 3.76. The quantitative estimate of drug-likeness (QED) is 0.0887. The summed E-state index contributed by atoms with van der Waals surface area (Å²) in [5.41, 5.74) is -4.26. The normalized spacial score (nSPS) is 31.5. The number of phosphoric ester groups is 1. The number of aryl methyl sites for hydroxylation is 1. The topological polar surface area (TPSA) is 154 Å². The molecule has 0 radical (unpaired) electrons. The highest BCUT2D eigenvalue weighted by molar-refractivity contribution is 7.47. The fourth-order valence-electron chi connectivity index (χ4n) is 10.5. The van der Waals surface area contributed by atoms with Crippen molar-refractivity contribution in [3.05, 3.63) is 29.3 Å². The van der Waals surface area contributed by atoms with E-state index < -0.39 is 82.0 Å². The zero-order valence-electron chi connectivity index (χ0n) is 35.0. The Morgan fingerprint density at radius 2 is 1.63 bits per heavy atom. The van der Waals surface area contributed by atoms with Crippen molar-refractivity contribution in [2.75, 3.05) is 46.6 Å². The van der Waals surface area contributed by atoms with Crippen molar-refractivity contribution >= 4 is 19.8 Å². The number of amides is 3. The summed E-state index contributed by atoms with van der Waals surface area (Å²) in [4.78, 5) is 38.8. The first-order valence-electron chi connectivity index (χ1n) is 21.1. The fourth-order valence-corrected chi connectivity index (χ4v) is 11.1. The van der Waals surface area contributed by atoms with Crippen LogP contribution in [-0.2, 0) is 39.0 Å². The molecule has 1 aromatic rings. The van der Waals surface area contributed by atoms with Gasteiger partial charge in [-0.25, -0.2) is 9.36 Å². The molecule has 13 nitrogen and oxygen atoms in total. The molecule has 2 saturated carbocycles. The van der Waals surface area contributed by atoms with Gasteiger partial charge in [-0.3, -0.25) is 23.6 Å². The van der Waals surface area contributed by atoms with Crippen LogP contribution in [-0.4, -0.2) is 127 Å². The first kappa shape index (κ1) is 49.7. The van der Waals surface area contributed by atoms with Crippen LogP contribution < -0.4 is 4.74 Å². The largest absolute Gasteiger partial charge is 0.494 e. The van der Waals surface area contributed by atoms with E-state index in [1.165, 1.54) is 10.5 Å². The van der Waals surface area contributed by atoms with Crippen molar-refractivity contribution in [1.82, 2.24) is 9.80 Å². The van der Waals surface area contributed by atoms with Crippen LogP contribution in [0, 0.1) is 23.2 Å². The Kier molecular flexibility index (Phi) is 14.9. The number of aliphatic hydroxyl groups excluding tert-OH is 1. The highest BCUT2D eigenvalue weighted by Gasteiger charge is 2.85. The van der Waals surface area contributed by atoms with Gasteiger partial charge in [0.1, 0.15) is 24.2 Å². The second-order valence-electron chi connectivity index (χ2n) is 17.4. The van der Waals surface area contributed by atoms with Crippen molar-refractivity contribution in [1.29, 1.82) is 0 Å². The highest BCUT2D eigenvalue weighted by Crippen LogP contribution is 2.62. The number of aliphatic hydroxyl groups is 1. The predicted octanol–water partition coefficient (Wildman–Crippen LogP) is 8.06. The Bertz CT molecular complexity index is 1800. The number of nitrogens with zero attached hydrogens (tertiary/aromatic N) is 2. The van der Waals surface area contributed by atoms with Crippen molar-refractivity contribution in [3.63, 3.8) is 0 Å². The number of imide groups is 1. The van der Waals surface area contributed by atoms with E-state index in [0.29, 0.717) is 37.5 Å². The third kappa shape index (κ3) is 9.88.